The van der Waals surface area contributed by atoms with Gasteiger partial charge < -0.3 is 0 Å². The van der Waals surface area contributed by atoms with E-state index >= 15 is 0 Å². The van der Waals surface area contributed by atoms with Crippen molar-refractivity contribution in [3.8, 4) is 0 Å². The Hall–Kier alpha value is -0.930. The molecule has 10 heteroatoms. The van der Waals surface area contributed by atoms with Crippen LogP contribution in [0.1, 0.15) is 10.7 Å². The smallest absolute Gasteiger partial charge is 0.213 e. The highest BCUT2D eigenvalue weighted by Crippen LogP contribution is 2.34. The minimum atomic E-state index is -4.56. The third kappa shape index (κ3) is 3.30. The second-order valence-electron chi connectivity index (χ2n) is 3.05. The van der Waals surface area contributed by atoms with Crippen LogP contribution in [0, 0.1) is 6.92 Å². The number of aryl methyl sites for hydroxylation is 1. The third-order valence-electron chi connectivity index (χ3n) is 1.67. The van der Waals surface area contributed by atoms with Crippen molar-refractivity contribution in [3.05, 3.63) is 22.1 Å². The Bertz CT molecular complexity index is 572. The predicted octanol–water partition coefficient (Wildman–Crippen LogP) is 3.46. The predicted molar refractivity (Wildman–Crippen MR) is 60.8 cm³/mol. The van der Waals surface area contributed by atoms with Crippen molar-refractivity contribution in [3.63, 3.8) is 0 Å². The van der Waals surface area contributed by atoms with Gasteiger partial charge >= 0.3 is 6.18 Å². The van der Waals surface area contributed by atoms with E-state index in [1.165, 1.54) is 11.3 Å². The molecule has 0 aliphatic heterocycles. The maximum absolute atomic E-state index is 12.5. The number of rotatable bonds is 2. The molecule has 0 saturated carbocycles. The summed E-state index contributed by atoms with van der Waals surface area (Å²) < 4.78 is 38.0. The van der Waals surface area contributed by atoms with Crippen LogP contribution in [0.25, 0.3) is 0 Å². The molecule has 0 aromatic carbocycles. The normalized spacial score (nSPS) is 11.8. The first-order chi connectivity index (χ1) is 8.34. The van der Waals surface area contributed by atoms with Crippen LogP contribution in [-0.2, 0) is 6.18 Å². The summed E-state index contributed by atoms with van der Waals surface area (Å²) in [5.74, 6) is 0. The van der Waals surface area contributed by atoms with E-state index in [4.69, 9.17) is 11.6 Å². The van der Waals surface area contributed by atoms with Crippen molar-refractivity contribution >= 4 is 34.7 Å². The van der Waals surface area contributed by atoms with Crippen LogP contribution in [0.5, 0.6) is 0 Å². The Labute approximate surface area is 113 Å². The van der Waals surface area contributed by atoms with Gasteiger partial charge in [-0.2, -0.15) is 13.2 Å². The zero-order valence-corrected chi connectivity index (χ0v) is 11.1. The van der Waals surface area contributed by atoms with Crippen molar-refractivity contribution in [2.24, 2.45) is 0 Å². The van der Waals surface area contributed by atoms with E-state index in [0.717, 1.165) is 17.8 Å². The molecule has 0 amide bonds. The molecule has 0 radical (unpaired) electrons. The maximum atomic E-state index is 12.5. The van der Waals surface area contributed by atoms with Gasteiger partial charge in [0.15, 0.2) is 10.0 Å². The first-order valence-electron chi connectivity index (χ1n) is 4.44. The molecule has 0 spiro atoms. The summed E-state index contributed by atoms with van der Waals surface area (Å²) in [6.45, 7) is 1.75. The summed E-state index contributed by atoms with van der Waals surface area (Å²) in [5, 5.41) is 7.88. The summed E-state index contributed by atoms with van der Waals surface area (Å²) in [7, 11) is 0. The van der Waals surface area contributed by atoms with E-state index in [1.54, 1.807) is 6.92 Å². The van der Waals surface area contributed by atoms with Crippen molar-refractivity contribution < 1.29 is 13.2 Å². The van der Waals surface area contributed by atoms with Crippen LogP contribution in [-0.4, -0.2) is 20.2 Å². The van der Waals surface area contributed by atoms with Crippen molar-refractivity contribution in [1.29, 1.82) is 0 Å². The first-order valence-corrected chi connectivity index (χ1v) is 6.45. The van der Waals surface area contributed by atoms with Crippen LogP contribution in [0.4, 0.5) is 13.2 Å². The summed E-state index contributed by atoms with van der Waals surface area (Å²) in [5.41, 5.74) is -1.08. The molecule has 0 saturated heterocycles. The molecule has 0 aliphatic rings. The van der Waals surface area contributed by atoms with E-state index in [2.05, 4.69) is 20.2 Å². The lowest BCUT2D eigenvalue weighted by atomic mass is 10.4. The lowest BCUT2D eigenvalue weighted by molar-refractivity contribution is -0.141. The number of alkyl halides is 3. The topological polar surface area (TPSA) is 51.6 Å². The molecule has 0 bridgehead atoms. The van der Waals surface area contributed by atoms with Gasteiger partial charge in [-0.3, -0.25) is 0 Å². The maximum Gasteiger partial charge on any atom is 0.433 e. The summed E-state index contributed by atoms with van der Waals surface area (Å²) in [6.07, 6.45) is -4.56. The number of nitrogens with zero attached hydrogens (tertiary/aromatic N) is 4. The molecule has 18 heavy (non-hydrogen) atoms. The second-order valence-corrected chi connectivity index (χ2v) is 5.83. The Kier molecular flexibility index (Phi) is 3.74. The second kappa shape index (κ2) is 4.98. The Morgan fingerprint density at radius 2 is 2.00 bits per heavy atom. The van der Waals surface area contributed by atoms with Crippen molar-refractivity contribution in [1.82, 2.24) is 20.2 Å². The molecule has 2 aromatic heterocycles. The van der Waals surface area contributed by atoms with Gasteiger partial charge in [0.05, 0.1) is 0 Å². The Balaban J connectivity index is 2.31. The Morgan fingerprint density at radius 3 is 2.56 bits per heavy atom. The highest BCUT2D eigenvalue weighted by atomic mass is 35.5. The lowest BCUT2D eigenvalue weighted by Gasteiger charge is -2.06. The SMILES string of the molecule is Cc1nnc(Sc2cc(C(F)(F)F)nc(Cl)n2)s1. The number of hydrogen-bond acceptors (Lipinski definition) is 6. The minimum absolute atomic E-state index is 0.0819. The summed E-state index contributed by atoms with van der Waals surface area (Å²) in [6, 6.07) is 0.827. The van der Waals surface area contributed by atoms with Gasteiger partial charge in [0, 0.05) is 6.07 Å². The molecular weight excluding hydrogens is 309 g/mol. The van der Waals surface area contributed by atoms with Crippen molar-refractivity contribution in [2.45, 2.75) is 22.5 Å². The Morgan fingerprint density at radius 1 is 1.28 bits per heavy atom. The van der Waals surface area contributed by atoms with E-state index in [9.17, 15) is 13.2 Å². The lowest BCUT2D eigenvalue weighted by Crippen LogP contribution is -2.09. The standard InChI is InChI=1S/C8H4ClF3N4S2/c1-3-15-16-7(17-3)18-5-2-4(8(10,11)12)13-6(9)14-5/h2H,1H3. The van der Waals surface area contributed by atoms with Gasteiger partial charge in [0.1, 0.15) is 10.0 Å². The van der Waals surface area contributed by atoms with Crippen LogP contribution >= 0.6 is 34.7 Å². The van der Waals surface area contributed by atoms with Crippen LogP contribution < -0.4 is 0 Å². The van der Waals surface area contributed by atoms with E-state index in [-0.39, 0.29) is 5.03 Å². The van der Waals surface area contributed by atoms with Gasteiger partial charge in [-0.15, -0.1) is 10.2 Å². The average molecular weight is 313 g/mol. The quantitative estimate of drug-likeness (QED) is 0.628. The summed E-state index contributed by atoms with van der Waals surface area (Å²) >= 11 is 7.68. The highest BCUT2D eigenvalue weighted by Gasteiger charge is 2.33. The largest absolute Gasteiger partial charge is 0.433 e. The number of aromatic nitrogens is 4. The fraction of sp³-hybridized carbons (Fsp3) is 0.250. The van der Waals surface area contributed by atoms with Crippen LogP contribution in [0.3, 0.4) is 0 Å². The molecule has 0 fully saturated rings. The monoisotopic (exact) mass is 312 g/mol. The van der Waals surface area contributed by atoms with Crippen LogP contribution in [0.2, 0.25) is 5.28 Å². The molecular formula is C8H4ClF3N4S2. The number of hydrogen-bond donors (Lipinski definition) is 0. The molecule has 2 heterocycles. The zero-order chi connectivity index (χ0) is 13.3. The van der Waals surface area contributed by atoms with E-state index in [0.29, 0.717) is 9.35 Å². The molecule has 96 valence electrons. The average Bonchev–Trinajstić information content (AvgIpc) is 2.61. The van der Waals surface area contributed by atoms with Gasteiger partial charge in [0.2, 0.25) is 5.28 Å². The molecule has 2 aromatic rings. The number of halogens is 4. The molecule has 0 N–H and O–H groups in total. The van der Waals surface area contributed by atoms with Gasteiger partial charge in [-0.1, -0.05) is 11.3 Å². The summed E-state index contributed by atoms with van der Waals surface area (Å²) in [4.78, 5) is 6.84. The molecule has 2 rings (SSSR count). The van der Waals surface area contributed by atoms with E-state index < -0.39 is 17.2 Å². The first kappa shape index (κ1) is 13.5. The van der Waals surface area contributed by atoms with Gasteiger partial charge in [-0.05, 0) is 30.3 Å². The van der Waals surface area contributed by atoms with Crippen molar-refractivity contribution in [2.75, 3.05) is 0 Å². The molecule has 4 nitrogen and oxygen atoms in total. The van der Waals surface area contributed by atoms with Gasteiger partial charge in [-0.25, -0.2) is 9.97 Å². The molecule has 0 unspecified atom stereocenters. The van der Waals surface area contributed by atoms with E-state index in [1.807, 2.05) is 0 Å². The molecule has 0 atom stereocenters. The minimum Gasteiger partial charge on any atom is -0.213 e. The zero-order valence-electron chi connectivity index (χ0n) is 8.69. The fourth-order valence-corrected chi connectivity index (χ4v) is 3.00. The molecule has 0 aliphatic carbocycles. The van der Waals surface area contributed by atoms with Gasteiger partial charge in [0.25, 0.3) is 0 Å². The fourth-order valence-electron chi connectivity index (χ4n) is 1.00. The third-order valence-corrected chi connectivity index (χ3v) is 3.64. The van der Waals surface area contributed by atoms with Crippen LogP contribution in [0.15, 0.2) is 15.4 Å². The highest BCUT2D eigenvalue weighted by molar-refractivity contribution is 8.01.